The Balaban J connectivity index is 1.62. The lowest BCUT2D eigenvalue weighted by Gasteiger charge is -2.21. The van der Waals surface area contributed by atoms with Crippen LogP contribution in [0.25, 0.3) is 0 Å². The lowest BCUT2D eigenvalue weighted by molar-refractivity contribution is 0.0957. The number of nitrogens with one attached hydrogen (secondary N) is 2. The molecule has 0 aliphatic carbocycles. The third-order valence-corrected chi connectivity index (χ3v) is 4.74. The third kappa shape index (κ3) is 5.51. The summed E-state index contributed by atoms with van der Waals surface area (Å²) >= 11 is 1.46. The summed E-state index contributed by atoms with van der Waals surface area (Å²) in [5, 5.41) is 8.21. The van der Waals surface area contributed by atoms with Crippen molar-refractivity contribution >= 4 is 23.2 Å². The highest BCUT2D eigenvalue weighted by Crippen LogP contribution is 2.16. The van der Waals surface area contributed by atoms with Gasteiger partial charge in [-0.1, -0.05) is 6.07 Å². The zero-order valence-corrected chi connectivity index (χ0v) is 14.7. The molecule has 0 aromatic carbocycles. The van der Waals surface area contributed by atoms with E-state index in [-0.39, 0.29) is 5.91 Å². The number of methoxy groups -OCH3 is 1. The topological polar surface area (TPSA) is 66.0 Å². The molecule has 2 rings (SSSR count). The molecule has 1 aliphatic rings. The van der Waals surface area contributed by atoms with Crippen molar-refractivity contribution in [2.45, 2.75) is 12.8 Å². The summed E-state index contributed by atoms with van der Waals surface area (Å²) in [5.74, 6) is 1.53. The van der Waals surface area contributed by atoms with Crippen LogP contribution < -0.4 is 10.6 Å². The normalized spacial score (nSPS) is 18.3. The smallest absolute Gasteiger partial charge is 0.261 e. The number of hydrogen-bond donors (Lipinski definition) is 2. The van der Waals surface area contributed by atoms with E-state index in [2.05, 4.69) is 20.5 Å². The number of carbonyl (C=O) groups excluding carboxylic acids is 1. The molecule has 1 aromatic rings. The summed E-state index contributed by atoms with van der Waals surface area (Å²) in [5.41, 5.74) is 0. The first kappa shape index (κ1) is 17.7. The monoisotopic (exact) mass is 338 g/mol. The number of rotatable bonds is 7. The van der Waals surface area contributed by atoms with Crippen LogP contribution in [0.1, 0.15) is 22.5 Å². The Labute approximate surface area is 141 Å². The highest BCUT2D eigenvalue weighted by molar-refractivity contribution is 7.12. The predicted octanol–water partition coefficient (Wildman–Crippen LogP) is 1.41. The van der Waals surface area contributed by atoms with Crippen molar-refractivity contribution in [3.05, 3.63) is 22.4 Å². The van der Waals surface area contributed by atoms with E-state index in [0.717, 1.165) is 49.9 Å². The second kappa shape index (κ2) is 9.52. The Morgan fingerprint density at radius 2 is 2.30 bits per heavy atom. The molecular formula is C16H26N4O2S. The van der Waals surface area contributed by atoms with E-state index < -0.39 is 0 Å². The number of guanidine groups is 1. The van der Waals surface area contributed by atoms with Crippen molar-refractivity contribution in [2.75, 3.05) is 46.9 Å². The number of amides is 1. The van der Waals surface area contributed by atoms with E-state index in [0.29, 0.717) is 12.5 Å². The largest absolute Gasteiger partial charge is 0.384 e. The molecule has 1 fully saturated rings. The van der Waals surface area contributed by atoms with Gasteiger partial charge in [-0.25, -0.2) is 0 Å². The van der Waals surface area contributed by atoms with Crippen molar-refractivity contribution in [2.24, 2.45) is 10.9 Å². The first-order valence-electron chi connectivity index (χ1n) is 8.00. The Bertz CT molecular complexity index is 504. The van der Waals surface area contributed by atoms with Gasteiger partial charge in [0.15, 0.2) is 5.96 Å². The fourth-order valence-electron chi connectivity index (χ4n) is 2.71. The van der Waals surface area contributed by atoms with Crippen LogP contribution in [-0.2, 0) is 4.74 Å². The highest BCUT2D eigenvalue weighted by Gasteiger charge is 2.24. The maximum atomic E-state index is 11.8. The molecule has 6 nitrogen and oxygen atoms in total. The van der Waals surface area contributed by atoms with Gasteiger partial charge in [0.05, 0.1) is 11.5 Å². The Morgan fingerprint density at radius 1 is 1.48 bits per heavy atom. The van der Waals surface area contributed by atoms with Crippen molar-refractivity contribution in [3.8, 4) is 0 Å². The molecule has 2 N–H and O–H groups in total. The SMILES string of the molecule is CN=C(NCCCNC(=O)c1cccs1)N1CCC(COC)C1. The summed E-state index contributed by atoms with van der Waals surface area (Å²) in [6, 6.07) is 3.72. The minimum absolute atomic E-state index is 0.00586. The molecule has 2 heterocycles. The second-order valence-electron chi connectivity index (χ2n) is 5.62. The molecule has 7 heteroatoms. The van der Waals surface area contributed by atoms with Gasteiger partial charge in [-0.05, 0) is 24.3 Å². The van der Waals surface area contributed by atoms with E-state index in [1.54, 1.807) is 7.11 Å². The molecule has 1 saturated heterocycles. The second-order valence-corrected chi connectivity index (χ2v) is 6.56. The highest BCUT2D eigenvalue weighted by atomic mass is 32.1. The van der Waals surface area contributed by atoms with Crippen LogP contribution >= 0.6 is 11.3 Å². The van der Waals surface area contributed by atoms with Crippen LogP contribution in [0.2, 0.25) is 0 Å². The van der Waals surface area contributed by atoms with E-state index in [9.17, 15) is 4.79 Å². The van der Waals surface area contributed by atoms with Gasteiger partial charge in [-0.15, -0.1) is 11.3 Å². The Morgan fingerprint density at radius 3 is 3.00 bits per heavy atom. The molecule has 0 spiro atoms. The Hall–Kier alpha value is -1.60. The lowest BCUT2D eigenvalue weighted by Crippen LogP contribution is -2.41. The van der Waals surface area contributed by atoms with E-state index in [1.165, 1.54) is 11.3 Å². The van der Waals surface area contributed by atoms with Gasteiger partial charge >= 0.3 is 0 Å². The van der Waals surface area contributed by atoms with Gasteiger partial charge in [-0.2, -0.15) is 0 Å². The summed E-state index contributed by atoms with van der Waals surface area (Å²) in [6.45, 7) is 4.27. The first-order chi connectivity index (χ1) is 11.2. The van der Waals surface area contributed by atoms with Gasteiger partial charge in [0.2, 0.25) is 0 Å². The average Bonchev–Trinajstić information content (AvgIpc) is 3.23. The van der Waals surface area contributed by atoms with Crippen molar-refractivity contribution in [1.82, 2.24) is 15.5 Å². The molecule has 1 amide bonds. The number of thiophene rings is 1. The standard InChI is InChI=1S/C16H26N4O2S/c1-17-16(20-9-6-13(11-20)12-22-2)19-8-4-7-18-15(21)14-5-3-10-23-14/h3,5,10,13H,4,6-9,11-12H2,1-2H3,(H,17,19)(H,18,21). The van der Waals surface area contributed by atoms with Crippen LogP contribution in [0, 0.1) is 5.92 Å². The molecule has 1 aliphatic heterocycles. The Kier molecular flexibility index (Phi) is 7.35. The zero-order valence-electron chi connectivity index (χ0n) is 13.9. The number of hydrogen-bond acceptors (Lipinski definition) is 4. The number of carbonyl (C=O) groups is 1. The number of likely N-dealkylation sites (tertiary alicyclic amines) is 1. The fourth-order valence-corrected chi connectivity index (χ4v) is 3.35. The van der Waals surface area contributed by atoms with Crippen LogP contribution in [0.15, 0.2) is 22.5 Å². The fraction of sp³-hybridized carbons (Fsp3) is 0.625. The number of aliphatic imine (C=N–C) groups is 1. The van der Waals surface area contributed by atoms with Crippen molar-refractivity contribution in [1.29, 1.82) is 0 Å². The van der Waals surface area contributed by atoms with Crippen LogP contribution in [0.3, 0.4) is 0 Å². The first-order valence-corrected chi connectivity index (χ1v) is 8.88. The molecule has 1 unspecified atom stereocenters. The van der Waals surface area contributed by atoms with Gasteiger partial charge in [-0.3, -0.25) is 9.79 Å². The van der Waals surface area contributed by atoms with Gasteiger partial charge in [0, 0.05) is 46.3 Å². The maximum Gasteiger partial charge on any atom is 0.261 e. The molecule has 23 heavy (non-hydrogen) atoms. The summed E-state index contributed by atoms with van der Waals surface area (Å²) in [7, 11) is 3.56. The zero-order chi connectivity index (χ0) is 16.5. The van der Waals surface area contributed by atoms with Crippen LogP contribution in [0.4, 0.5) is 0 Å². The van der Waals surface area contributed by atoms with Gasteiger partial charge < -0.3 is 20.3 Å². The molecule has 0 radical (unpaired) electrons. The van der Waals surface area contributed by atoms with Crippen molar-refractivity contribution < 1.29 is 9.53 Å². The van der Waals surface area contributed by atoms with E-state index >= 15 is 0 Å². The number of nitrogens with zero attached hydrogens (tertiary/aromatic N) is 2. The quantitative estimate of drug-likeness (QED) is 0.448. The average molecular weight is 338 g/mol. The summed E-state index contributed by atoms with van der Waals surface area (Å²) in [4.78, 5) is 19.2. The number of ether oxygens (including phenoxy) is 1. The van der Waals surface area contributed by atoms with Gasteiger partial charge in [0.1, 0.15) is 0 Å². The predicted molar refractivity (Wildman–Crippen MR) is 94.2 cm³/mol. The van der Waals surface area contributed by atoms with Crippen molar-refractivity contribution in [3.63, 3.8) is 0 Å². The summed E-state index contributed by atoms with van der Waals surface area (Å²) < 4.78 is 5.23. The molecule has 0 saturated carbocycles. The summed E-state index contributed by atoms with van der Waals surface area (Å²) in [6.07, 6.45) is 2.01. The van der Waals surface area contributed by atoms with Crippen LogP contribution in [-0.4, -0.2) is 63.7 Å². The molecule has 0 bridgehead atoms. The minimum Gasteiger partial charge on any atom is -0.384 e. The molecule has 128 valence electrons. The van der Waals surface area contributed by atoms with E-state index in [1.807, 2.05) is 24.6 Å². The molecule has 1 atom stereocenters. The minimum atomic E-state index is 0.00586. The van der Waals surface area contributed by atoms with Gasteiger partial charge in [0.25, 0.3) is 5.91 Å². The van der Waals surface area contributed by atoms with E-state index in [4.69, 9.17) is 4.74 Å². The molecular weight excluding hydrogens is 312 g/mol. The lowest BCUT2D eigenvalue weighted by atomic mass is 10.1. The third-order valence-electron chi connectivity index (χ3n) is 3.87. The maximum absolute atomic E-state index is 11.8. The molecule has 1 aromatic heterocycles. The van der Waals surface area contributed by atoms with Crippen LogP contribution in [0.5, 0.6) is 0 Å².